The lowest BCUT2D eigenvalue weighted by Crippen LogP contribution is -2.40. The van der Waals surface area contributed by atoms with Crippen LogP contribution in [0.1, 0.15) is 40.0 Å². The first-order valence-electron chi connectivity index (χ1n) is 5.58. The molecule has 0 aromatic rings. The van der Waals surface area contributed by atoms with E-state index in [2.05, 4.69) is 10.6 Å². The summed E-state index contributed by atoms with van der Waals surface area (Å²) in [5.41, 5.74) is -0.223. The molecule has 0 spiro atoms. The molecule has 0 aliphatic heterocycles. The van der Waals surface area contributed by atoms with Crippen molar-refractivity contribution in [1.82, 2.24) is 10.6 Å². The summed E-state index contributed by atoms with van der Waals surface area (Å²) in [6.45, 7) is 7.66. The van der Waals surface area contributed by atoms with Crippen LogP contribution in [0.2, 0.25) is 0 Å². The minimum Gasteiger partial charge on any atom is -0.354 e. The van der Waals surface area contributed by atoms with Crippen LogP contribution in [0.15, 0.2) is 0 Å². The predicted octanol–water partition coefficient (Wildman–Crippen LogP) is 1.29. The van der Waals surface area contributed by atoms with E-state index in [1.165, 1.54) is 12.8 Å². The molecule has 3 heteroatoms. The molecule has 0 saturated heterocycles. The lowest BCUT2D eigenvalue weighted by Gasteiger charge is -2.21. The number of hydrogen-bond acceptors (Lipinski definition) is 2. The van der Waals surface area contributed by atoms with Crippen LogP contribution in [0.4, 0.5) is 0 Å². The molecule has 1 aliphatic carbocycles. The highest BCUT2D eigenvalue weighted by molar-refractivity contribution is 5.81. The van der Waals surface area contributed by atoms with E-state index in [0.29, 0.717) is 0 Å². The van der Waals surface area contributed by atoms with Gasteiger partial charge in [-0.3, -0.25) is 4.79 Å². The Balaban J connectivity index is 2.07. The minimum atomic E-state index is -0.223. The maximum absolute atomic E-state index is 11.6. The molecule has 1 fully saturated rings. The fourth-order valence-electron chi connectivity index (χ4n) is 1.14. The van der Waals surface area contributed by atoms with E-state index in [1.54, 1.807) is 0 Å². The molecule has 0 radical (unpaired) electrons. The van der Waals surface area contributed by atoms with Crippen molar-refractivity contribution in [2.45, 2.75) is 46.1 Å². The van der Waals surface area contributed by atoms with Gasteiger partial charge in [-0.1, -0.05) is 20.8 Å². The zero-order valence-electron chi connectivity index (χ0n) is 9.52. The molecule has 1 aliphatic rings. The second-order valence-electron chi connectivity index (χ2n) is 4.72. The van der Waals surface area contributed by atoms with Gasteiger partial charge in [0.05, 0.1) is 0 Å². The number of carbonyl (C=O) groups is 1. The SMILES string of the molecule is CCC(C)(C)C(=O)NCCNC1CC1. The average Bonchev–Trinajstić information content (AvgIpc) is 2.95. The fourth-order valence-corrected chi connectivity index (χ4v) is 1.14. The highest BCUT2D eigenvalue weighted by Crippen LogP contribution is 2.19. The van der Waals surface area contributed by atoms with Crippen LogP contribution >= 0.6 is 0 Å². The number of amides is 1. The van der Waals surface area contributed by atoms with Gasteiger partial charge < -0.3 is 10.6 Å². The second-order valence-corrected chi connectivity index (χ2v) is 4.72. The summed E-state index contributed by atoms with van der Waals surface area (Å²) in [4.78, 5) is 11.6. The van der Waals surface area contributed by atoms with Crippen molar-refractivity contribution in [1.29, 1.82) is 0 Å². The van der Waals surface area contributed by atoms with Gasteiger partial charge in [-0.05, 0) is 19.3 Å². The van der Waals surface area contributed by atoms with Crippen LogP contribution in [0.5, 0.6) is 0 Å². The number of rotatable bonds is 6. The highest BCUT2D eigenvalue weighted by atomic mass is 16.2. The first-order valence-corrected chi connectivity index (χ1v) is 5.58. The van der Waals surface area contributed by atoms with Crippen molar-refractivity contribution in [3.05, 3.63) is 0 Å². The molecule has 0 heterocycles. The van der Waals surface area contributed by atoms with Crippen molar-refractivity contribution in [2.75, 3.05) is 13.1 Å². The van der Waals surface area contributed by atoms with E-state index < -0.39 is 0 Å². The van der Waals surface area contributed by atoms with Gasteiger partial charge in [0.15, 0.2) is 0 Å². The van der Waals surface area contributed by atoms with Crippen LogP contribution in [-0.4, -0.2) is 25.0 Å². The van der Waals surface area contributed by atoms with Crippen molar-refractivity contribution in [3.63, 3.8) is 0 Å². The van der Waals surface area contributed by atoms with Crippen LogP contribution in [0.3, 0.4) is 0 Å². The maximum atomic E-state index is 11.6. The quantitative estimate of drug-likeness (QED) is 0.631. The zero-order valence-corrected chi connectivity index (χ0v) is 9.52. The fraction of sp³-hybridized carbons (Fsp3) is 0.909. The topological polar surface area (TPSA) is 41.1 Å². The third-order valence-electron chi connectivity index (χ3n) is 2.92. The van der Waals surface area contributed by atoms with Gasteiger partial charge in [-0.25, -0.2) is 0 Å². The molecule has 0 bridgehead atoms. The van der Waals surface area contributed by atoms with Gasteiger partial charge in [0.1, 0.15) is 0 Å². The summed E-state index contributed by atoms with van der Waals surface area (Å²) in [5.74, 6) is 0.164. The van der Waals surface area contributed by atoms with E-state index in [-0.39, 0.29) is 11.3 Å². The summed E-state index contributed by atoms with van der Waals surface area (Å²) in [5, 5.41) is 6.32. The Labute approximate surface area is 86.6 Å². The van der Waals surface area contributed by atoms with Crippen molar-refractivity contribution in [2.24, 2.45) is 5.41 Å². The van der Waals surface area contributed by atoms with Crippen LogP contribution in [0.25, 0.3) is 0 Å². The van der Waals surface area contributed by atoms with Gasteiger partial charge in [0, 0.05) is 24.5 Å². The molecule has 1 rings (SSSR count). The van der Waals surface area contributed by atoms with E-state index in [1.807, 2.05) is 20.8 Å². The summed E-state index contributed by atoms with van der Waals surface area (Å²) in [7, 11) is 0. The zero-order chi connectivity index (χ0) is 10.6. The Kier molecular flexibility index (Phi) is 3.93. The van der Waals surface area contributed by atoms with Crippen molar-refractivity contribution < 1.29 is 4.79 Å². The van der Waals surface area contributed by atoms with Gasteiger partial charge >= 0.3 is 0 Å². The van der Waals surface area contributed by atoms with Crippen LogP contribution in [0, 0.1) is 5.41 Å². The predicted molar refractivity (Wildman–Crippen MR) is 58.1 cm³/mol. The smallest absolute Gasteiger partial charge is 0.225 e. The molecule has 14 heavy (non-hydrogen) atoms. The third-order valence-corrected chi connectivity index (χ3v) is 2.92. The van der Waals surface area contributed by atoms with E-state index in [4.69, 9.17) is 0 Å². The maximum Gasteiger partial charge on any atom is 0.225 e. The number of nitrogens with one attached hydrogen (secondary N) is 2. The second kappa shape index (κ2) is 4.78. The molecule has 0 atom stereocenters. The Morgan fingerprint density at radius 3 is 2.50 bits per heavy atom. The monoisotopic (exact) mass is 198 g/mol. The third kappa shape index (κ3) is 3.66. The standard InChI is InChI=1S/C11H22N2O/c1-4-11(2,3)10(14)13-8-7-12-9-5-6-9/h9,12H,4-8H2,1-3H3,(H,13,14). The molecule has 1 amide bonds. The highest BCUT2D eigenvalue weighted by Gasteiger charge is 2.25. The average molecular weight is 198 g/mol. The Morgan fingerprint density at radius 2 is 2.00 bits per heavy atom. The van der Waals surface area contributed by atoms with Crippen molar-refractivity contribution in [3.8, 4) is 0 Å². The molecular weight excluding hydrogens is 176 g/mol. The molecule has 2 N–H and O–H groups in total. The first-order chi connectivity index (χ1) is 6.56. The van der Waals surface area contributed by atoms with E-state index in [0.717, 1.165) is 25.6 Å². The van der Waals surface area contributed by atoms with E-state index >= 15 is 0 Å². The Bertz CT molecular complexity index is 197. The Hall–Kier alpha value is -0.570. The molecule has 1 saturated carbocycles. The Morgan fingerprint density at radius 1 is 1.36 bits per heavy atom. The first kappa shape index (κ1) is 11.5. The number of carbonyl (C=O) groups excluding carboxylic acids is 1. The largest absolute Gasteiger partial charge is 0.354 e. The van der Waals surface area contributed by atoms with Gasteiger partial charge in [-0.2, -0.15) is 0 Å². The van der Waals surface area contributed by atoms with E-state index in [9.17, 15) is 4.79 Å². The molecule has 3 nitrogen and oxygen atoms in total. The number of hydrogen-bond donors (Lipinski definition) is 2. The lowest BCUT2D eigenvalue weighted by atomic mass is 9.89. The molecule has 0 unspecified atom stereocenters. The van der Waals surface area contributed by atoms with Crippen LogP contribution < -0.4 is 10.6 Å². The normalized spacial score (nSPS) is 16.8. The summed E-state index contributed by atoms with van der Waals surface area (Å²) in [6.07, 6.45) is 3.48. The van der Waals surface area contributed by atoms with Gasteiger partial charge in [0.2, 0.25) is 5.91 Å². The minimum absolute atomic E-state index is 0.164. The summed E-state index contributed by atoms with van der Waals surface area (Å²) < 4.78 is 0. The summed E-state index contributed by atoms with van der Waals surface area (Å²) in [6, 6.07) is 0.728. The lowest BCUT2D eigenvalue weighted by molar-refractivity contribution is -0.129. The van der Waals surface area contributed by atoms with Gasteiger partial charge in [0.25, 0.3) is 0 Å². The summed E-state index contributed by atoms with van der Waals surface area (Å²) >= 11 is 0. The van der Waals surface area contributed by atoms with Gasteiger partial charge in [-0.15, -0.1) is 0 Å². The molecule has 0 aromatic heterocycles. The van der Waals surface area contributed by atoms with Crippen LogP contribution in [-0.2, 0) is 4.79 Å². The molecule has 0 aromatic carbocycles. The molecular formula is C11H22N2O. The molecule has 82 valence electrons. The van der Waals surface area contributed by atoms with Crippen molar-refractivity contribution >= 4 is 5.91 Å².